The maximum Gasteiger partial charge on any atom is 0.255 e. The summed E-state index contributed by atoms with van der Waals surface area (Å²) in [6.07, 6.45) is 1.26. The summed E-state index contributed by atoms with van der Waals surface area (Å²) in [7, 11) is 0. The summed E-state index contributed by atoms with van der Waals surface area (Å²) in [6.45, 7) is 4.31. The van der Waals surface area contributed by atoms with E-state index in [1.54, 1.807) is 17.0 Å². The first-order valence-corrected chi connectivity index (χ1v) is 14.2. The fourth-order valence-corrected chi connectivity index (χ4v) is 6.25. The molecule has 3 amide bonds. The number of nitrogens with zero attached hydrogens (tertiary/aromatic N) is 1. The van der Waals surface area contributed by atoms with Crippen molar-refractivity contribution in [3.63, 3.8) is 0 Å². The minimum Gasteiger partial charge on any atom is -0.356 e. The maximum atomic E-state index is 14.0. The number of hydrogen-bond donors (Lipinski definition) is 3. The van der Waals surface area contributed by atoms with Crippen LogP contribution in [-0.2, 0) is 22.4 Å². The summed E-state index contributed by atoms with van der Waals surface area (Å²) in [5.74, 6) is -1.000. The summed E-state index contributed by atoms with van der Waals surface area (Å²) < 4.78 is 13.5. The van der Waals surface area contributed by atoms with Crippen LogP contribution >= 0.6 is 0 Å². The Kier molecular flexibility index (Phi) is 7.07. The smallest absolute Gasteiger partial charge is 0.255 e. The Morgan fingerprint density at radius 1 is 1.05 bits per heavy atom. The van der Waals surface area contributed by atoms with Gasteiger partial charge in [-0.25, -0.2) is 4.39 Å². The van der Waals surface area contributed by atoms with Gasteiger partial charge in [-0.15, -0.1) is 0 Å². The average molecular weight is 553 g/mol. The van der Waals surface area contributed by atoms with Crippen LogP contribution in [0.25, 0.3) is 10.9 Å². The van der Waals surface area contributed by atoms with E-state index in [2.05, 4.69) is 15.6 Å². The van der Waals surface area contributed by atoms with Crippen molar-refractivity contribution in [3.8, 4) is 0 Å². The lowest BCUT2D eigenvalue weighted by Gasteiger charge is -2.37. The molecule has 0 aliphatic carbocycles. The van der Waals surface area contributed by atoms with E-state index in [9.17, 15) is 18.8 Å². The Labute approximate surface area is 238 Å². The molecule has 8 heteroatoms. The predicted molar refractivity (Wildman–Crippen MR) is 155 cm³/mol. The third-order valence-corrected chi connectivity index (χ3v) is 8.10. The molecule has 3 heterocycles. The molecule has 0 fully saturated rings. The van der Waals surface area contributed by atoms with Gasteiger partial charge in [-0.3, -0.25) is 14.4 Å². The van der Waals surface area contributed by atoms with Gasteiger partial charge >= 0.3 is 0 Å². The van der Waals surface area contributed by atoms with Crippen LogP contribution in [0, 0.1) is 11.7 Å². The van der Waals surface area contributed by atoms with Gasteiger partial charge in [-0.05, 0) is 59.7 Å². The number of carbonyl (C=O) groups is 3. The zero-order valence-corrected chi connectivity index (χ0v) is 23.1. The number of aromatic amines is 1. The van der Waals surface area contributed by atoms with Gasteiger partial charge in [0, 0.05) is 35.1 Å². The molecule has 3 N–H and O–H groups in total. The van der Waals surface area contributed by atoms with Crippen LogP contribution in [0.2, 0.25) is 0 Å². The molecular weight excluding hydrogens is 519 g/mol. The Bertz CT molecular complexity index is 1640. The predicted octanol–water partition coefficient (Wildman–Crippen LogP) is 4.67. The number of rotatable bonds is 8. The molecule has 0 spiro atoms. The van der Waals surface area contributed by atoms with E-state index in [0.29, 0.717) is 31.4 Å². The number of H-pyrrole nitrogens is 1. The van der Waals surface area contributed by atoms with Crippen LogP contribution < -0.4 is 10.6 Å². The number of halogens is 1. The van der Waals surface area contributed by atoms with Crippen molar-refractivity contribution in [1.82, 2.24) is 20.5 Å². The van der Waals surface area contributed by atoms with E-state index in [4.69, 9.17) is 0 Å². The Morgan fingerprint density at radius 2 is 1.83 bits per heavy atom. The second-order valence-electron chi connectivity index (χ2n) is 11.3. The lowest BCUT2D eigenvalue weighted by Crippen LogP contribution is -2.56. The van der Waals surface area contributed by atoms with Crippen LogP contribution in [0.3, 0.4) is 0 Å². The largest absolute Gasteiger partial charge is 0.356 e. The Balaban J connectivity index is 1.26. The van der Waals surface area contributed by atoms with Crippen molar-refractivity contribution in [2.75, 3.05) is 6.54 Å². The topological polar surface area (TPSA) is 94.3 Å². The highest BCUT2D eigenvalue weighted by atomic mass is 19.1. The van der Waals surface area contributed by atoms with Crippen LogP contribution in [-0.4, -0.2) is 46.2 Å². The SMILES string of the molecule is CC(C)C[C@H](NC(=O)[C@@H]1Cc2c([nH]c3ccccc23)C2c3ccccc3C(=O)N21)C(=O)NCCc1cccc(F)c1. The quantitative estimate of drug-likeness (QED) is 0.297. The number of carbonyl (C=O) groups excluding carboxylic acids is 3. The molecule has 2 aliphatic heterocycles. The van der Waals surface area contributed by atoms with Gasteiger partial charge in [0.15, 0.2) is 0 Å². The second-order valence-corrected chi connectivity index (χ2v) is 11.3. The summed E-state index contributed by atoms with van der Waals surface area (Å²) in [4.78, 5) is 46.2. The third kappa shape index (κ3) is 4.99. The van der Waals surface area contributed by atoms with Crippen LogP contribution in [0.5, 0.6) is 0 Å². The van der Waals surface area contributed by atoms with Gasteiger partial charge in [-0.2, -0.15) is 0 Å². The molecule has 1 aromatic heterocycles. The monoisotopic (exact) mass is 552 g/mol. The molecule has 1 unspecified atom stereocenters. The van der Waals surface area contributed by atoms with E-state index < -0.39 is 18.1 Å². The van der Waals surface area contributed by atoms with Gasteiger partial charge in [0.25, 0.3) is 5.91 Å². The van der Waals surface area contributed by atoms with E-state index in [1.165, 1.54) is 12.1 Å². The molecule has 210 valence electrons. The lowest BCUT2D eigenvalue weighted by atomic mass is 9.89. The number of fused-ring (bicyclic) bond motifs is 7. The summed E-state index contributed by atoms with van der Waals surface area (Å²) in [6, 6.07) is 19.8. The van der Waals surface area contributed by atoms with E-state index in [0.717, 1.165) is 33.3 Å². The highest BCUT2D eigenvalue weighted by molar-refractivity contribution is 6.04. The van der Waals surface area contributed by atoms with Gasteiger partial charge < -0.3 is 20.5 Å². The van der Waals surface area contributed by atoms with Crippen LogP contribution in [0.4, 0.5) is 4.39 Å². The van der Waals surface area contributed by atoms with E-state index >= 15 is 0 Å². The number of nitrogens with one attached hydrogen (secondary N) is 3. The zero-order valence-electron chi connectivity index (χ0n) is 23.1. The lowest BCUT2D eigenvalue weighted by molar-refractivity contribution is -0.132. The summed E-state index contributed by atoms with van der Waals surface area (Å²) >= 11 is 0. The number of aromatic nitrogens is 1. The first-order chi connectivity index (χ1) is 19.8. The minimum absolute atomic E-state index is 0.145. The van der Waals surface area contributed by atoms with Gasteiger partial charge in [0.05, 0.1) is 6.04 Å². The standard InChI is InChI=1S/C33H33FN4O3/c1-19(2)16-27(31(39)35-15-14-20-8-7-9-21(34)17-20)37-32(40)28-18-25-22-10-5-6-13-26(22)36-29(25)30-23-11-3-4-12-24(23)33(41)38(28)30/h3-13,17,19,27-28,30,36H,14-16,18H2,1-2H3,(H,35,39)(H,37,40)/t27-,28-,30?/m0/s1. The first kappa shape index (κ1) is 26.7. The first-order valence-electron chi connectivity index (χ1n) is 14.2. The van der Waals surface area contributed by atoms with Crippen LogP contribution in [0.1, 0.15) is 59.1 Å². The Morgan fingerprint density at radius 3 is 2.63 bits per heavy atom. The normalized spacial score (nSPS) is 18.1. The Hall–Kier alpha value is -4.46. The molecule has 7 nitrogen and oxygen atoms in total. The molecule has 0 radical (unpaired) electrons. The second kappa shape index (κ2) is 10.8. The molecular formula is C33H33FN4O3. The van der Waals surface area contributed by atoms with Gasteiger partial charge in [0.1, 0.15) is 17.9 Å². The summed E-state index contributed by atoms with van der Waals surface area (Å²) in [5.41, 5.74) is 5.16. The molecule has 3 atom stereocenters. The van der Waals surface area contributed by atoms with E-state index in [-0.39, 0.29) is 29.5 Å². The molecule has 6 rings (SSSR count). The van der Waals surface area contributed by atoms with Crippen molar-refractivity contribution in [2.24, 2.45) is 5.92 Å². The molecule has 41 heavy (non-hydrogen) atoms. The van der Waals surface area contributed by atoms with Crippen LogP contribution in [0.15, 0.2) is 72.8 Å². The van der Waals surface area contributed by atoms with Gasteiger partial charge in [-0.1, -0.05) is 62.4 Å². The van der Waals surface area contributed by atoms with E-state index in [1.807, 2.05) is 62.4 Å². The number of para-hydroxylation sites is 1. The fraction of sp³-hybridized carbons (Fsp3) is 0.303. The maximum absolute atomic E-state index is 14.0. The number of hydrogen-bond acceptors (Lipinski definition) is 3. The molecule has 0 saturated carbocycles. The molecule has 2 aliphatic rings. The highest BCUT2D eigenvalue weighted by Crippen LogP contribution is 2.46. The third-order valence-electron chi connectivity index (χ3n) is 8.10. The molecule has 0 saturated heterocycles. The number of amides is 3. The molecule has 3 aromatic carbocycles. The average Bonchev–Trinajstić information content (AvgIpc) is 3.47. The summed E-state index contributed by atoms with van der Waals surface area (Å²) in [5, 5.41) is 6.93. The minimum atomic E-state index is -0.777. The number of benzene rings is 3. The van der Waals surface area contributed by atoms with Crippen molar-refractivity contribution >= 4 is 28.6 Å². The van der Waals surface area contributed by atoms with Crippen molar-refractivity contribution in [2.45, 2.75) is 51.2 Å². The van der Waals surface area contributed by atoms with Gasteiger partial charge in [0.2, 0.25) is 11.8 Å². The van der Waals surface area contributed by atoms with Crippen molar-refractivity contribution in [1.29, 1.82) is 0 Å². The fourth-order valence-electron chi connectivity index (χ4n) is 6.25. The zero-order chi connectivity index (χ0) is 28.7. The van der Waals surface area contributed by atoms with Crippen molar-refractivity contribution < 1.29 is 18.8 Å². The highest BCUT2D eigenvalue weighted by Gasteiger charge is 2.49. The molecule has 4 aromatic rings. The van der Waals surface area contributed by atoms with Crippen molar-refractivity contribution in [3.05, 3.63) is 107 Å². The molecule has 0 bridgehead atoms.